The molecule has 2 aromatic carbocycles. The average molecular weight is 389 g/mol. The van der Waals surface area contributed by atoms with Crippen LogP contribution in [0, 0.1) is 0 Å². The van der Waals surface area contributed by atoms with E-state index in [4.69, 9.17) is 4.74 Å². The zero-order chi connectivity index (χ0) is 19.4. The van der Waals surface area contributed by atoms with Gasteiger partial charge in [-0.15, -0.1) is 0 Å². The molecule has 8 heteroatoms. The molecule has 1 amide bonds. The molecule has 1 fully saturated rings. The average Bonchev–Trinajstić information content (AvgIpc) is 3.22. The predicted molar refractivity (Wildman–Crippen MR) is 105 cm³/mol. The van der Waals surface area contributed by atoms with Gasteiger partial charge in [-0.1, -0.05) is 6.07 Å². The maximum atomic E-state index is 12.6. The third-order valence-electron chi connectivity index (χ3n) is 4.56. The lowest BCUT2D eigenvalue weighted by Crippen LogP contribution is -2.21. The Kier molecular flexibility index (Phi) is 5.67. The Balaban J connectivity index is 1.84. The summed E-state index contributed by atoms with van der Waals surface area (Å²) in [4.78, 5) is 14.8. The van der Waals surface area contributed by atoms with E-state index in [0.717, 1.165) is 18.8 Å². The lowest BCUT2D eigenvalue weighted by Gasteiger charge is -2.18. The smallest absolute Gasteiger partial charge is 0.255 e. The van der Waals surface area contributed by atoms with Crippen LogP contribution in [0.5, 0.6) is 5.75 Å². The molecule has 27 heavy (non-hydrogen) atoms. The van der Waals surface area contributed by atoms with Gasteiger partial charge in [0.1, 0.15) is 10.6 Å². The second-order valence-electron chi connectivity index (χ2n) is 6.27. The molecule has 144 valence electrons. The van der Waals surface area contributed by atoms with E-state index in [0.29, 0.717) is 5.69 Å². The first-order valence-electron chi connectivity index (χ1n) is 8.72. The molecule has 1 aliphatic rings. The fourth-order valence-electron chi connectivity index (χ4n) is 3.10. The van der Waals surface area contributed by atoms with Crippen LogP contribution in [0.25, 0.3) is 0 Å². The molecule has 0 radical (unpaired) electrons. The van der Waals surface area contributed by atoms with Crippen LogP contribution >= 0.6 is 0 Å². The highest BCUT2D eigenvalue weighted by molar-refractivity contribution is 7.89. The zero-order valence-corrected chi connectivity index (χ0v) is 16.2. The number of rotatable bonds is 6. The second kappa shape index (κ2) is 7.98. The highest BCUT2D eigenvalue weighted by Gasteiger charge is 2.20. The van der Waals surface area contributed by atoms with Gasteiger partial charge in [-0.2, -0.15) is 0 Å². The molecule has 0 atom stereocenters. The van der Waals surface area contributed by atoms with E-state index in [1.807, 2.05) is 24.3 Å². The van der Waals surface area contributed by atoms with Crippen molar-refractivity contribution < 1.29 is 17.9 Å². The normalized spacial score (nSPS) is 14.2. The molecule has 3 rings (SSSR count). The van der Waals surface area contributed by atoms with Crippen LogP contribution in [-0.2, 0) is 10.0 Å². The number of methoxy groups -OCH3 is 1. The topological polar surface area (TPSA) is 87.7 Å². The molecular weight excluding hydrogens is 366 g/mol. The van der Waals surface area contributed by atoms with E-state index in [-0.39, 0.29) is 22.1 Å². The Morgan fingerprint density at radius 3 is 2.52 bits per heavy atom. The largest absolute Gasteiger partial charge is 0.495 e. The number of carbonyl (C=O) groups is 1. The molecule has 0 bridgehead atoms. The van der Waals surface area contributed by atoms with Crippen molar-refractivity contribution in [3.8, 4) is 5.75 Å². The first kappa shape index (κ1) is 19.2. The van der Waals surface area contributed by atoms with Crippen molar-refractivity contribution >= 4 is 27.3 Å². The van der Waals surface area contributed by atoms with Crippen molar-refractivity contribution in [2.45, 2.75) is 17.7 Å². The summed E-state index contributed by atoms with van der Waals surface area (Å²) in [6.07, 6.45) is 2.34. The van der Waals surface area contributed by atoms with E-state index in [2.05, 4.69) is 14.9 Å². The van der Waals surface area contributed by atoms with Gasteiger partial charge in [-0.25, -0.2) is 13.1 Å². The number of hydrogen-bond donors (Lipinski definition) is 2. The van der Waals surface area contributed by atoms with Crippen LogP contribution in [0.2, 0.25) is 0 Å². The molecule has 0 saturated carbocycles. The fraction of sp³-hybridized carbons (Fsp3) is 0.316. The summed E-state index contributed by atoms with van der Waals surface area (Å²) in [7, 11) is -1.06. The first-order chi connectivity index (χ1) is 12.9. The number of carbonyl (C=O) groups excluding carboxylic acids is 1. The minimum absolute atomic E-state index is 0.0778. The molecule has 0 aromatic heterocycles. The Labute approximate surface area is 159 Å². The maximum absolute atomic E-state index is 12.6. The molecule has 0 aliphatic carbocycles. The van der Waals surface area contributed by atoms with Gasteiger partial charge in [-0.05, 0) is 56.3 Å². The minimum atomic E-state index is -3.75. The van der Waals surface area contributed by atoms with Crippen molar-refractivity contribution in [2.24, 2.45) is 0 Å². The first-order valence-corrected chi connectivity index (χ1v) is 10.2. The van der Waals surface area contributed by atoms with Gasteiger partial charge in [0.15, 0.2) is 0 Å². The van der Waals surface area contributed by atoms with Gasteiger partial charge >= 0.3 is 0 Å². The van der Waals surface area contributed by atoms with Gasteiger partial charge < -0.3 is 15.0 Å². The fourth-order valence-corrected chi connectivity index (χ4v) is 4.02. The van der Waals surface area contributed by atoms with Crippen LogP contribution in [0.15, 0.2) is 47.4 Å². The van der Waals surface area contributed by atoms with Gasteiger partial charge in [-0.3, -0.25) is 4.79 Å². The van der Waals surface area contributed by atoms with E-state index in [1.165, 1.54) is 45.2 Å². The Morgan fingerprint density at radius 2 is 1.85 bits per heavy atom. The number of amides is 1. The van der Waals surface area contributed by atoms with Crippen LogP contribution in [0.1, 0.15) is 23.2 Å². The van der Waals surface area contributed by atoms with Gasteiger partial charge in [0.05, 0.1) is 7.11 Å². The molecule has 2 N–H and O–H groups in total. The molecule has 7 nitrogen and oxygen atoms in total. The molecule has 2 aromatic rings. The zero-order valence-electron chi connectivity index (χ0n) is 15.4. The molecule has 0 spiro atoms. The number of anilines is 2. The molecule has 1 aliphatic heterocycles. The lowest BCUT2D eigenvalue weighted by atomic mass is 10.2. The summed E-state index contributed by atoms with van der Waals surface area (Å²) >= 11 is 0. The quantitative estimate of drug-likeness (QED) is 0.792. The molecular formula is C19H23N3O4S. The summed E-state index contributed by atoms with van der Waals surface area (Å²) in [6.45, 7) is 2.03. The number of nitrogens with zero attached hydrogens (tertiary/aromatic N) is 1. The number of hydrogen-bond acceptors (Lipinski definition) is 5. The van der Waals surface area contributed by atoms with Crippen LogP contribution in [-0.4, -0.2) is 41.6 Å². The Morgan fingerprint density at radius 1 is 1.11 bits per heavy atom. The lowest BCUT2D eigenvalue weighted by molar-refractivity contribution is 0.102. The highest BCUT2D eigenvalue weighted by atomic mass is 32.2. The monoisotopic (exact) mass is 389 g/mol. The standard InChI is InChI=1S/C19H23N3O4S/c1-20-27(24,25)18-12-14(8-9-17(18)26-2)19(23)21-15-6-5-7-16(13-15)22-10-3-4-11-22/h5-9,12-13,20H,3-4,10-11H2,1-2H3,(H,21,23). The van der Waals surface area contributed by atoms with Crippen molar-refractivity contribution in [2.75, 3.05) is 37.5 Å². The third kappa shape index (κ3) is 4.23. The van der Waals surface area contributed by atoms with E-state index in [9.17, 15) is 13.2 Å². The Bertz CT molecular complexity index is 938. The van der Waals surface area contributed by atoms with Crippen molar-refractivity contribution in [3.63, 3.8) is 0 Å². The number of nitrogens with one attached hydrogen (secondary N) is 2. The van der Waals surface area contributed by atoms with Crippen LogP contribution in [0.3, 0.4) is 0 Å². The predicted octanol–water partition coefficient (Wildman–Crippen LogP) is 2.46. The third-order valence-corrected chi connectivity index (χ3v) is 5.99. The van der Waals surface area contributed by atoms with Gasteiger partial charge in [0, 0.05) is 30.0 Å². The summed E-state index contributed by atoms with van der Waals surface area (Å²) in [6, 6.07) is 12.0. The van der Waals surface area contributed by atoms with Gasteiger partial charge in [0.2, 0.25) is 10.0 Å². The number of benzene rings is 2. The second-order valence-corrected chi connectivity index (χ2v) is 8.13. The van der Waals surface area contributed by atoms with Crippen molar-refractivity contribution in [1.82, 2.24) is 4.72 Å². The Hall–Kier alpha value is -2.58. The van der Waals surface area contributed by atoms with E-state index >= 15 is 0 Å². The molecule has 0 unspecified atom stereocenters. The summed E-state index contributed by atoms with van der Waals surface area (Å²) in [5, 5.41) is 2.83. The van der Waals surface area contributed by atoms with Crippen molar-refractivity contribution in [1.29, 1.82) is 0 Å². The van der Waals surface area contributed by atoms with Crippen LogP contribution in [0.4, 0.5) is 11.4 Å². The van der Waals surface area contributed by atoms with Gasteiger partial charge in [0.25, 0.3) is 5.91 Å². The number of sulfonamides is 1. The molecule has 1 heterocycles. The minimum Gasteiger partial charge on any atom is -0.495 e. The summed E-state index contributed by atoms with van der Waals surface area (Å²) < 4.78 is 31.7. The number of ether oxygens (including phenoxy) is 1. The SMILES string of the molecule is CNS(=O)(=O)c1cc(C(=O)Nc2cccc(N3CCCC3)c2)ccc1OC. The molecule has 1 saturated heterocycles. The van der Waals surface area contributed by atoms with Crippen LogP contribution < -0.4 is 19.7 Å². The maximum Gasteiger partial charge on any atom is 0.255 e. The van der Waals surface area contributed by atoms with Crippen molar-refractivity contribution in [3.05, 3.63) is 48.0 Å². The van der Waals surface area contributed by atoms with E-state index in [1.54, 1.807) is 0 Å². The summed E-state index contributed by atoms with van der Waals surface area (Å²) in [5.74, 6) is -0.208. The summed E-state index contributed by atoms with van der Waals surface area (Å²) in [5.41, 5.74) is 1.97. The highest BCUT2D eigenvalue weighted by Crippen LogP contribution is 2.26. The van der Waals surface area contributed by atoms with E-state index < -0.39 is 10.0 Å².